The zero-order valence-electron chi connectivity index (χ0n) is 6.46. The fourth-order valence-electron chi connectivity index (χ4n) is 1.28. The molecule has 0 aromatic carbocycles. The molecule has 0 radical (unpaired) electrons. The number of hydrogen-bond acceptors (Lipinski definition) is 1. The summed E-state index contributed by atoms with van der Waals surface area (Å²) < 4.78 is 0. The van der Waals surface area contributed by atoms with Gasteiger partial charge in [0.1, 0.15) is 0 Å². The van der Waals surface area contributed by atoms with Crippen LogP contribution in [-0.2, 0) is 6.42 Å². The highest BCUT2D eigenvalue weighted by atomic mass is 14.8. The van der Waals surface area contributed by atoms with Gasteiger partial charge in [-0.1, -0.05) is 6.92 Å². The van der Waals surface area contributed by atoms with Gasteiger partial charge in [0.2, 0.25) is 0 Å². The van der Waals surface area contributed by atoms with E-state index in [-0.39, 0.29) is 1.43 Å². The number of hydrogen-bond donors (Lipinski definition) is 1. The minimum Gasteiger partial charge on any atom is -0.360 e. The van der Waals surface area contributed by atoms with E-state index in [1.807, 2.05) is 24.5 Å². The number of nitrogens with one attached hydrogen (secondary N) is 1. The van der Waals surface area contributed by atoms with Gasteiger partial charge in [-0.25, -0.2) is 0 Å². The van der Waals surface area contributed by atoms with Crippen LogP contribution in [0.5, 0.6) is 0 Å². The summed E-state index contributed by atoms with van der Waals surface area (Å²) in [5, 5.41) is 0. The van der Waals surface area contributed by atoms with Crippen molar-refractivity contribution in [2.24, 2.45) is 0 Å². The summed E-state index contributed by atoms with van der Waals surface area (Å²) in [6.07, 6.45) is 4.89. The molecule has 0 aliphatic heterocycles. The first-order valence-electron chi connectivity index (χ1n) is 3.83. The first-order chi connectivity index (χ1) is 5.42. The Morgan fingerprint density at radius 2 is 2.55 bits per heavy atom. The average Bonchev–Trinajstić information content (AvgIpc) is 2.47. The van der Waals surface area contributed by atoms with Crippen LogP contribution >= 0.6 is 0 Å². The highest BCUT2D eigenvalue weighted by molar-refractivity contribution is 5.78. The van der Waals surface area contributed by atoms with E-state index in [2.05, 4.69) is 16.9 Å². The molecule has 11 heavy (non-hydrogen) atoms. The van der Waals surface area contributed by atoms with E-state index in [1.54, 1.807) is 0 Å². The standard InChI is InChI=1S/C9H10N2.H2/c1-2-7-6-11-8-4-3-5-10-9(7)8;/h3-6,11H,2H2,1H3;1H. The molecule has 0 atom stereocenters. The Morgan fingerprint density at radius 3 is 3.36 bits per heavy atom. The second-order valence-electron chi connectivity index (χ2n) is 2.57. The summed E-state index contributed by atoms with van der Waals surface area (Å²) in [7, 11) is 0. The lowest BCUT2D eigenvalue weighted by Gasteiger charge is -1.89. The Labute approximate surface area is 66.8 Å². The van der Waals surface area contributed by atoms with Crippen LogP contribution in [0.1, 0.15) is 13.9 Å². The Morgan fingerprint density at radius 1 is 1.64 bits per heavy atom. The Bertz CT molecular complexity index is 367. The lowest BCUT2D eigenvalue weighted by molar-refractivity contribution is 1.14. The molecule has 1 N–H and O–H groups in total. The van der Waals surface area contributed by atoms with Gasteiger partial charge in [0, 0.05) is 13.8 Å². The quantitative estimate of drug-likeness (QED) is 0.660. The summed E-state index contributed by atoms with van der Waals surface area (Å²) in [6.45, 7) is 2.14. The molecule has 0 spiro atoms. The molecule has 2 heterocycles. The molecule has 2 heteroatoms. The number of nitrogens with zero attached hydrogens (tertiary/aromatic N) is 1. The maximum absolute atomic E-state index is 4.28. The first kappa shape index (κ1) is 6.40. The smallest absolute Gasteiger partial charge is 0.0910 e. The predicted octanol–water partition coefficient (Wildman–Crippen LogP) is 2.37. The van der Waals surface area contributed by atoms with Crippen LogP contribution in [0, 0.1) is 0 Å². The summed E-state index contributed by atoms with van der Waals surface area (Å²) in [5.74, 6) is 0. The molecular weight excluding hydrogens is 136 g/mol. The van der Waals surface area contributed by atoms with E-state index in [1.165, 1.54) is 5.56 Å². The van der Waals surface area contributed by atoms with Crippen molar-refractivity contribution >= 4 is 11.0 Å². The van der Waals surface area contributed by atoms with Crippen LogP contribution < -0.4 is 0 Å². The number of aryl methyl sites for hydroxylation is 1. The number of aromatic nitrogens is 2. The van der Waals surface area contributed by atoms with Gasteiger partial charge in [-0.05, 0) is 24.1 Å². The molecule has 2 nitrogen and oxygen atoms in total. The minimum absolute atomic E-state index is 0. The van der Waals surface area contributed by atoms with E-state index >= 15 is 0 Å². The summed E-state index contributed by atoms with van der Waals surface area (Å²) in [6, 6.07) is 3.99. The van der Waals surface area contributed by atoms with Crippen molar-refractivity contribution in [3.8, 4) is 0 Å². The summed E-state index contributed by atoms with van der Waals surface area (Å²) >= 11 is 0. The molecule has 0 saturated carbocycles. The molecule has 58 valence electrons. The zero-order valence-corrected chi connectivity index (χ0v) is 6.46. The molecule has 0 aliphatic carbocycles. The van der Waals surface area contributed by atoms with E-state index in [4.69, 9.17) is 0 Å². The summed E-state index contributed by atoms with van der Waals surface area (Å²) in [4.78, 5) is 7.46. The van der Waals surface area contributed by atoms with Crippen molar-refractivity contribution in [1.29, 1.82) is 0 Å². The van der Waals surface area contributed by atoms with Gasteiger partial charge in [0.05, 0.1) is 11.0 Å². The van der Waals surface area contributed by atoms with E-state index in [9.17, 15) is 0 Å². The highest BCUT2D eigenvalue weighted by Crippen LogP contribution is 2.14. The van der Waals surface area contributed by atoms with Crippen molar-refractivity contribution in [3.63, 3.8) is 0 Å². The van der Waals surface area contributed by atoms with Gasteiger partial charge >= 0.3 is 0 Å². The lowest BCUT2D eigenvalue weighted by atomic mass is 10.2. The second-order valence-corrected chi connectivity index (χ2v) is 2.57. The van der Waals surface area contributed by atoms with Crippen LogP contribution in [0.2, 0.25) is 0 Å². The number of pyridine rings is 1. The number of fused-ring (bicyclic) bond motifs is 1. The third kappa shape index (κ3) is 0.909. The highest BCUT2D eigenvalue weighted by Gasteiger charge is 1.99. The lowest BCUT2D eigenvalue weighted by Crippen LogP contribution is -1.77. The van der Waals surface area contributed by atoms with Crippen LogP contribution in [0.15, 0.2) is 24.5 Å². The van der Waals surface area contributed by atoms with Crippen molar-refractivity contribution in [2.75, 3.05) is 0 Å². The second kappa shape index (κ2) is 2.38. The Hall–Kier alpha value is -1.31. The molecule has 0 amide bonds. The molecule has 0 unspecified atom stereocenters. The molecule has 0 saturated heterocycles. The third-order valence-electron chi connectivity index (χ3n) is 1.89. The van der Waals surface area contributed by atoms with Crippen molar-refractivity contribution in [2.45, 2.75) is 13.3 Å². The topological polar surface area (TPSA) is 28.7 Å². The van der Waals surface area contributed by atoms with Crippen LogP contribution in [0.4, 0.5) is 0 Å². The van der Waals surface area contributed by atoms with Crippen LogP contribution in [-0.4, -0.2) is 9.97 Å². The van der Waals surface area contributed by atoms with Crippen molar-refractivity contribution in [3.05, 3.63) is 30.1 Å². The van der Waals surface area contributed by atoms with Crippen molar-refractivity contribution < 1.29 is 1.43 Å². The molecular formula is C9H12N2. The Balaban J connectivity index is 0.000000720. The first-order valence-corrected chi connectivity index (χ1v) is 3.83. The largest absolute Gasteiger partial charge is 0.360 e. The number of rotatable bonds is 1. The van der Waals surface area contributed by atoms with E-state index in [0.717, 1.165) is 17.5 Å². The van der Waals surface area contributed by atoms with Gasteiger partial charge in [0.15, 0.2) is 0 Å². The Kier molecular flexibility index (Phi) is 1.39. The van der Waals surface area contributed by atoms with E-state index < -0.39 is 0 Å². The fourth-order valence-corrected chi connectivity index (χ4v) is 1.28. The van der Waals surface area contributed by atoms with Gasteiger partial charge < -0.3 is 4.98 Å². The molecule has 2 rings (SSSR count). The van der Waals surface area contributed by atoms with Gasteiger partial charge in [0.25, 0.3) is 0 Å². The molecule has 2 aromatic heterocycles. The van der Waals surface area contributed by atoms with Crippen LogP contribution in [0.25, 0.3) is 11.0 Å². The maximum atomic E-state index is 4.28. The minimum atomic E-state index is 0. The predicted molar refractivity (Wildman–Crippen MR) is 47.6 cm³/mol. The van der Waals surface area contributed by atoms with Gasteiger partial charge in [-0.2, -0.15) is 0 Å². The maximum Gasteiger partial charge on any atom is 0.0910 e. The van der Waals surface area contributed by atoms with Crippen molar-refractivity contribution in [1.82, 2.24) is 9.97 Å². The normalized spacial score (nSPS) is 10.6. The number of H-pyrrole nitrogens is 1. The molecule has 2 aromatic rings. The van der Waals surface area contributed by atoms with Gasteiger partial charge in [-0.15, -0.1) is 0 Å². The average molecular weight is 148 g/mol. The van der Waals surface area contributed by atoms with Gasteiger partial charge in [-0.3, -0.25) is 4.98 Å². The molecule has 0 aliphatic rings. The monoisotopic (exact) mass is 148 g/mol. The molecule has 0 fully saturated rings. The third-order valence-corrected chi connectivity index (χ3v) is 1.89. The number of aromatic amines is 1. The fraction of sp³-hybridized carbons (Fsp3) is 0.222. The summed E-state index contributed by atoms with van der Waals surface area (Å²) in [5.41, 5.74) is 3.53. The molecule has 0 bridgehead atoms. The SMILES string of the molecule is CCc1c[nH]c2cccnc12.[HH]. The van der Waals surface area contributed by atoms with Crippen LogP contribution in [0.3, 0.4) is 0 Å². The van der Waals surface area contributed by atoms with E-state index in [0.29, 0.717) is 0 Å². The zero-order chi connectivity index (χ0) is 7.68.